The van der Waals surface area contributed by atoms with Gasteiger partial charge in [-0.2, -0.15) is 0 Å². The van der Waals surface area contributed by atoms with Crippen molar-refractivity contribution in [3.05, 3.63) is 51.6 Å². The lowest BCUT2D eigenvalue weighted by atomic mass is 10.2. The third-order valence-corrected chi connectivity index (χ3v) is 2.82. The maximum atomic E-state index is 5.79. The molecule has 0 saturated carbocycles. The van der Waals surface area contributed by atoms with Crippen LogP contribution >= 0.6 is 27.5 Å². The van der Waals surface area contributed by atoms with Crippen LogP contribution in [0.2, 0.25) is 5.02 Å². The summed E-state index contributed by atoms with van der Waals surface area (Å²) in [5.74, 6) is 0.433. The van der Waals surface area contributed by atoms with Gasteiger partial charge in [0.25, 0.3) is 0 Å². The Morgan fingerprint density at radius 3 is 2.65 bits per heavy atom. The van der Waals surface area contributed by atoms with E-state index in [1.54, 1.807) is 12.3 Å². The Morgan fingerprint density at radius 2 is 2.00 bits per heavy atom. The number of benzene rings is 1. The minimum atomic E-state index is 0.413. The van der Waals surface area contributed by atoms with Crippen LogP contribution in [0.25, 0.3) is 0 Å². The highest BCUT2D eigenvalue weighted by Gasteiger charge is 2.03. The number of anilines is 1. The summed E-state index contributed by atoms with van der Waals surface area (Å²) in [5, 5.41) is 0.704. The molecule has 0 aliphatic heterocycles. The second-order valence-electron chi connectivity index (χ2n) is 3.46. The molecule has 1 heterocycles. The molecule has 1 aromatic heterocycles. The summed E-state index contributed by atoms with van der Waals surface area (Å²) in [5.41, 5.74) is 7.29. The van der Waals surface area contributed by atoms with Crippen LogP contribution in [-0.4, -0.2) is 4.98 Å². The molecule has 17 heavy (non-hydrogen) atoms. The van der Waals surface area contributed by atoms with Crippen molar-refractivity contribution in [2.45, 2.75) is 6.61 Å². The number of nitrogen functional groups attached to an aromatic ring is 1. The van der Waals surface area contributed by atoms with Gasteiger partial charge >= 0.3 is 0 Å². The molecule has 0 saturated heterocycles. The third kappa shape index (κ3) is 3.35. The largest absolute Gasteiger partial charge is 0.471 e. The van der Waals surface area contributed by atoms with Gasteiger partial charge < -0.3 is 10.5 Å². The normalized spacial score (nSPS) is 10.2. The van der Waals surface area contributed by atoms with Gasteiger partial charge in [-0.3, -0.25) is 0 Å². The highest BCUT2D eigenvalue weighted by Crippen LogP contribution is 2.22. The van der Waals surface area contributed by atoms with Crippen molar-refractivity contribution < 1.29 is 4.74 Å². The summed E-state index contributed by atoms with van der Waals surface area (Å²) < 4.78 is 6.35. The van der Waals surface area contributed by atoms with E-state index < -0.39 is 0 Å². The zero-order chi connectivity index (χ0) is 12.3. The summed E-state index contributed by atoms with van der Waals surface area (Å²) in [6.45, 7) is 0.413. The molecule has 0 spiro atoms. The molecule has 1 aromatic carbocycles. The second kappa shape index (κ2) is 5.38. The van der Waals surface area contributed by atoms with Crippen LogP contribution in [0.4, 0.5) is 5.69 Å². The first kappa shape index (κ1) is 12.2. The fourth-order valence-electron chi connectivity index (χ4n) is 1.30. The molecular formula is C12H10BrClN2O. The van der Waals surface area contributed by atoms with Crippen molar-refractivity contribution in [1.82, 2.24) is 4.98 Å². The zero-order valence-corrected chi connectivity index (χ0v) is 11.2. The monoisotopic (exact) mass is 312 g/mol. The summed E-state index contributed by atoms with van der Waals surface area (Å²) >= 11 is 9.08. The third-order valence-electron chi connectivity index (χ3n) is 2.13. The van der Waals surface area contributed by atoms with Crippen molar-refractivity contribution in [3.63, 3.8) is 0 Å². The average molecular weight is 314 g/mol. The minimum Gasteiger partial charge on any atom is -0.471 e. The molecule has 3 nitrogen and oxygen atoms in total. The Kier molecular flexibility index (Phi) is 3.86. The number of nitrogens with two attached hydrogens (primary N) is 1. The number of rotatable bonds is 3. The van der Waals surface area contributed by atoms with Gasteiger partial charge in [-0.15, -0.1) is 0 Å². The molecule has 0 radical (unpaired) electrons. The summed E-state index contributed by atoms with van der Waals surface area (Å²) in [6, 6.07) is 9.19. The maximum absolute atomic E-state index is 5.79. The van der Waals surface area contributed by atoms with Crippen molar-refractivity contribution in [1.29, 1.82) is 0 Å². The van der Waals surface area contributed by atoms with Crippen molar-refractivity contribution in [3.8, 4) is 5.88 Å². The first-order valence-electron chi connectivity index (χ1n) is 4.93. The van der Waals surface area contributed by atoms with E-state index in [2.05, 4.69) is 20.9 Å². The van der Waals surface area contributed by atoms with Gasteiger partial charge in [0.2, 0.25) is 5.88 Å². The van der Waals surface area contributed by atoms with Gasteiger partial charge in [-0.25, -0.2) is 4.98 Å². The van der Waals surface area contributed by atoms with Crippen LogP contribution in [0.1, 0.15) is 5.56 Å². The van der Waals surface area contributed by atoms with E-state index in [1.807, 2.05) is 24.3 Å². The van der Waals surface area contributed by atoms with Gasteiger partial charge in [-0.1, -0.05) is 23.7 Å². The van der Waals surface area contributed by atoms with Gasteiger partial charge in [0.1, 0.15) is 6.61 Å². The molecule has 2 aromatic rings. The minimum absolute atomic E-state index is 0.413. The second-order valence-corrected chi connectivity index (χ2v) is 4.82. The predicted octanol–water partition coefficient (Wildman–Crippen LogP) is 3.66. The van der Waals surface area contributed by atoms with Crippen LogP contribution in [0, 0.1) is 0 Å². The standard InChI is InChI=1S/C12H10BrClN2O/c13-9-5-11(15)12(16-6-9)17-7-8-1-3-10(14)4-2-8/h1-6H,7,15H2. The zero-order valence-electron chi connectivity index (χ0n) is 8.86. The Morgan fingerprint density at radius 1 is 1.29 bits per heavy atom. The van der Waals surface area contributed by atoms with Crippen LogP contribution < -0.4 is 10.5 Å². The van der Waals surface area contributed by atoms with Gasteiger partial charge in [-0.05, 0) is 39.7 Å². The molecule has 88 valence electrons. The van der Waals surface area contributed by atoms with E-state index in [4.69, 9.17) is 22.1 Å². The number of pyridine rings is 1. The Hall–Kier alpha value is -1.26. The van der Waals surface area contributed by atoms with Gasteiger partial charge in [0.15, 0.2) is 0 Å². The molecule has 0 aliphatic carbocycles. The lowest BCUT2D eigenvalue weighted by molar-refractivity contribution is 0.295. The molecule has 5 heteroatoms. The van der Waals surface area contributed by atoms with Crippen molar-refractivity contribution in [2.24, 2.45) is 0 Å². The summed E-state index contributed by atoms with van der Waals surface area (Å²) in [7, 11) is 0. The summed E-state index contributed by atoms with van der Waals surface area (Å²) in [6.07, 6.45) is 1.65. The van der Waals surface area contributed by atoms with Crippen LogP contribution in [0.3, 0.4) is 0 Å². The van der Waals surface area contributed by atoms with Gasteiger partial charge in [0, 0.05) is 15.7 Å². The molecule has 2 rings (SSSR count). The first-order chi connectivity index (χ1) is 8.15. The maximum Gasteiger partial charge on any atom is 0.237 e. The quantitative estimate of drug-likeness (QED) is 0.940. The SMILES string of the molecule is Nc1cc(Br)cnc1OCc1ccc(Cl)cc1. The number of nitrogens with zero attached hydrogens (tertiary/aromatic N) is 1. The number of hydrogen-bond donors (Lipinski definition) is 1. The number of aromatic nitrogens is 1. The molecule has 0 unspecified atom stereocenters. The number of hydrogen-bond acceptors (Lipinski definition) is 3. The number of halogens is 2. The Balaban J connectivity index is 2.04. The predicted molar refractivity (Wildman–Crippen MR) is 72.1 cm³/mol. The van der Waals surface area contributed by atoms with E-state index in [9.17, 15) is 0 Å². The Bertz CT molecular complexity index is 516. The fourth-order valence-corrected chi connectivity index (χ4v) is 1.77. The first-order valence-corrected chi connectivity index (χ1v) is 6.10. The van der Waals surface area contributed by atoms with E-state index >= 15 is 0 Å². The average Bonchev–Trinajstić information content (AvgIpc) is 2.30. The fraction of sp³-hybridized carbons (Fsp3) is 0.0833. The van der Waals surface area contributed by atoms with E-state index in [-0.39, 0.29) is 0 Å². The molecule has 0 amide bonds. The van der Waals surface area contributed by atoms with E-state index in [0.717, 1.165) is 10.0 Å². The van der Waals surface area contributed by atoms with E-state index in [0.29, 0.717) is 23.2 Å². The van der Waals surface area contributed by atoms with Crippen LogP contribution in [0.5, 0.6) is 5.88 Å². The molecular weight excluding hydrogens is 304 g/mol. The number of ether oxygens (including phenoxy) is 1. The lowest BCUT2D eigenvalue weighted by Gasteiger charge is -2.07. The molecule has 0 bridgehead atoms. The summed E-state index contributed by atoms with van der Waals surface area (Å²) in [4.78, 5) is 4.09. The van der Waals surface area contributed by atoms with Crippen molar-refractivity contribution >= 4 is 33.2 Å². The van der Waals surface area contributed by atoms with Crippen molar-refractivity contribution in [2.75, 3.05) is 5.73 Å². The smallest absolute Gasteiger partial charge is 0.237 e. The highest BCUT2D eigenvalue weighted by molar-refractivity contribution is 9.10. The topological polar surface area (TPSA) is 48.1 Å². The molecule has 0 aliphatic rings. The molecule has 0 fully saturated rings. The van der Waals surface area contributed by atoms with Gasteiger partial charge in [0.05, 0.1) is 5.69 Å². The van der Waals surface area contributed by atoms with E-state index in [1.165, 1.54) is 0 Å². The van der Waals surface area contributed by atoms with Crippen LogP contribution in [-0.2, 0) is 6.61 Å². The molecule has 0 atom stereocenters. The highest BCUT2D eigenvalue weighted by atomic mass is 79.9. The molecule has 2 N–H and O–H groups in total. The Labute approximate surface area is 113 Å². The lowest BCUT2D eigenvalue weighted by Crippen LogP contribution is -2.00. The van der Waals surface area contributed by atoms with Crippen LogP contribution in [0.15, 0.2) is 41.0 Å².